The molecule has 0 aliphatic rings. The normalized spacial score (nSPS) is 13.0. The number of sulfonamides is 1. The number of nitrogens with zero attached hydrogens (tertiary/aromatic N) is 2. The third kappa shape index (κ3) is 3.51. The van der Waals surface area contributed by atoms with E-state index < -0.39 is 39.5 Å². The van der Waals surface area contributed by atoms with Crippen LogP contribution in [0.5, 0.6) is 0 Å². The molecule has 0 saturated carbocycles. The van der Waals surface area contributed by atoms with Gasteiger partial charge in [-0.05, 0) is 25.0 Å². The fourth-order valence-electron chi connectivity index (χ4n) is 1.77. The number of aromatic nitrogens is 1. The second-order valence-electron chi connectivity index (χ2n) is 4.38. The number of pyridine rings is 1. The average molecular weight is 321 g/mol. The van der Waals surface area contributed by atoms with Crippen LogP contribution in [-0.4, -0.2) is 25.1 Å². The zero-order valence-electron chi connectivity index (χ0n) is 11.4. The maximum Gasteiger partial charge on any atom is 0.407 e. The standard InChI is InChI=1S/C12H14F3N3O2S/c1-3-11(4-2,12(13,14)15)18-21(19,20)10-6-5-9(7-16)17-8-10/h5-6,8,18H,3-4H2,1-2H3. The van der Waals surface area contributed by atoms with Gasteiger partial charge in [-0.15, -0.1) is 0 Å². The van der Waals surface area contributed by atoms with Crippen molar-refractivity contribution in [3.05, 3.63) is 24.0 Å². The highest BCUT2D eigenvalue weighted by Crippen LogP contribution is 2.36. The summed E-state index contributed by atoms with van der Waals surface area (Å²) in [4.78, 5) is 3.13. The molecule has 5 nitrogen and oxygen atoms in total. The van der Waals surface area contributed by atoms with Gasteiger partial charge in [-0.25, -0.2) is 13.4 Å². The Balaban J connectivity index is 3.21. The van der Waals surface area contributed by atoms with Crippen molar-refractivity contribution in [1.29, 1.82) is 5.26 Å². The summed E-state index contributed by atoms with van der Waals surface area (Å²) in [6.07, 6.45) is -4.73. The Morgan fingerprint density at radius 1 is 1.29 bits per heavy atom. The molecule has 0 radical (unpaired) electrons. The van der Waals surface area contributed by atoms with Crippen LogP contribution in [0, 0.1) is 11.3 Å². The highest BCUT2D eigenvalue weighted by atomic mass is 32.2. The summed E-state index contributed by atoms with van der Waals surface area (Å²) in [6, 6.07) is 3.86. The molecule has 0 aliphatic heterocycles. The Kier molecular flexibility index (Phi) is 4.96. The van der Waals surface area contributed by atoms with Crippen LogP contribution in [0.4, 0.5) is 13.2 Å². The first-order chi connectivity index (χ1) is 9.62. The maximum absolute atomic E-state index is 13.2. The van der Waals surface area contributed by atoms with Crippen LogP contribution in [-0.2, 0) is 10.0 Å². The molecule has 0 unspecified atom stereocenters. The van der Waals surface area contributed by atoms with Gasteiger partial charge in [0.1, 0.15) is 22.2 Å². The fourth-order valence-corrected chi connectivity index (χ4v) is 3.25. The SMILES string of the molecule is CCC(CC)(NS(=O)(=O)c1ccc(C#N)nc1)C(F)(F)F. The van der Waals surface area contributed by atoms with E-state index in [9.17, 15) is 21.6 Å². The minimum atomic E-state index is -4.72. The molecule has 0 saturated heterocycles. The van der Waals surface area contributed by atoms with Gasteiger partial charge < -0.3 is 0 Å². The molecule has 0 fully saturated rings. The van der Waals surface area contributed by atoms with E-state index in [0.717, 1.165) is 18.3 Å². The van der Waals surface area contributed by atoms with Gasteiger partial charge >= 0.3 is 6.18 Å². The number of nitrogens with one attached hydrogen (secondary N) is 1. The molecule has 0 aromatic carbocycles. The van der Waals surface area contributed by atoms with Crippen LogP contribution in [0.1, 0.15) is 32.4 Å². The Morgan fingerprint density at radius 3 is 2.19 bits per heavy atom. The van der Waals surface area contributed by atoms with Crippen molar-refractivity contribution in [3.8, 4) is 6.07 Å². The molecular formula is C12H14F3N3O2S. The smallest absolute Gasteiger partial charge is 0.244 e. The van der Waals surface area contributed by atoms with Crippen LogP contribution in [0.3, 0.4) is 0 Å². The maximum atomic E-state index is 13.2. The Morgan fingerprint density at radius 2 is 1.86 bits per heavy atom. The van der Waals surface area contributed by atoms with E-state index in [4.69, 9.17) is 5.26 Å². The fraction of sp³-hybridized carbons (Fsp3) is 0.500. The lowest BCUT2D eigenvalue weighted by atomic mass is 9.94. The quantitative estimate of drug-likeness (QED) is 0.902. The number of hydrogen-bond donors (Lipinski definition) is 1. The lowest BCUT2D eigenvalue weighted by Gasteiger charge is -2.34. The van der Waals surface area contributed by atoms with Crippen LogP contribution in [0.2, 0.25) is 0 Å². The number of rotatable bonds is 5. The van der Waals surface area contributed by atoms with E-state index in [1.807, 2.05) is 0 Å². The van der Waals surface area contributed by atoms with E-state index in [0.29, 0.717) is 0 Å². The molecule has 1 heterocycles. The summed E-state index contributed by atoms with van der Waals surface area (Å²) in [5, 5.41) is 8.57. The molecule has 9 heteroatoms. The van der Waals surface area contributed by atoms with Crippen molar-refractivity contribution < 1.29 is 21.6 Å². The number of nitriles is 1. The molecule has 1 aromatic rings. The summed E-state index contributed by atoms with van der Waals surface area (Å²) in [7, 11) is -4.39. The van der Waals surface area contributed by atoms with E-state index >= 15 is 0 Å². The second kappa shape index (κ2) is 5.99. The van der Waals surface area contributed by atoms with Gasteiger partial charge in [-0.3, -0.25) is 0 Å². The third-order valence-electron chi connectivity index (χ3n) is 3.24. The molecule has 0 bridgehead atoms. The predicted molar refractivity (Wildman–Crippen MR) is 68.6 cm³/mol. The van der Waals surface area contributed by atoms with Gasteiger partial charge in [0.15, 0.2) is 0 Å². The molecular weight excluding hydrogens is 307 g/mol. The van der Waals surface area contributed by atoms with Gasteiger partial charge in [0.25, 0.3) is 0 Å². The van der Waals surface area contributed by atoms with E-state index in [1.54, 1.807) is 10.8 Å². The topological polar surface area (TPSA) is 82.9 Å². The van der Waals surface area contributed by atoms with E-state index in [2.05, 4.69) is 4.98 Å². The molecule has 0 spiro atoms. The van der Waals surface area contributed by atoms with Crippen LogP contribution in [0.15, 0.2) is 23.2 Å². The Hall–Kier alpha value is -1.66. The third-order valence-corrected chi connectivity index (χ3v) is 4.76. The number of halogens is 3. The first-order valence-electron chi connectivity index (χ1n) is 6.08. The van der Waals surface area contributed by atoms with E-state index in [-0.39, 0.29) is 5.69 Å². The molecule has 1 N–H and O–H groups in total. The molecule has 0 aliphatic carbocycles. The summed E-state index contributed by atoms with van der Waals surface area (Å²) in [5.74, 6) is 0. The average Bonchev–Trinajstić information content (AvgIpc) is 2.43. The summed E-state index contributed by atoms with van der Waals surface area (Å²) >= 11 is 0. The second-order valence-corrected chi connectivity index (χ2v) is 6.07. The highest BCUT2D eigenvalue weighted by molar-refractivity contribution is 7.89. The zero-order valence-corrected chi connectivity index (χ0v) is 12.2. The van der Waals surface area contributed by atoms with Gasteiger partial charge in [-0.2, -0.15) is 23.2 Å². The van der Waals surface area contributed by atoms with E-state index in [1.165, 1.54) is 13.8 Å². The van der Waals surface area contributed by atoms with Crippen molar-refractivity contribution in [1.82, 2.24) is 9.71 Å². The van der Waals surface area contributed by atoms with Crippen LogP contribution < -0.4 is 4.72 Å². The van der Waals surface area contributed by atoms with Gasteiger partial charge in [0.2, 0.25) is 10.0 Å². The summed E-state index contributed by atoms with van der Waals surface area (Å²) in [6.45, 7) is 2.52. The Bertz CT molecular complexity index is 629. The summed E-state index contributed by atoms with van der Waals surface area (Å²) in [5.41, 5.74) is -2.55. The summed E-state index contributed by atoms with van der Waals surface area (Å²) < 4.78 is 65.3. The van der Waals surface area contributed by atoms with Crippen molar-refractivity contribution >= 4 is 10.0 Å². The molecule has 0 amide bonds. The van der Waals surface area contributed by atoms with Crippen molar-refractivity contribution in [2.45, 2.75) is 43.3 Å². The predicted octanol–water partition coefficient (Wildman–Crippen LogP) is 2.35. The van der Waals surface area contributed by atoms with Crippen LogP contribution >= 0.6 is 0 Å². The molecule has 116 valence electrons. The molecule has 0 atom stereocenters. The lowest BCUT2D eigenvalue weighted by Crippen LogP contribution is -2.57. The lowest BCUT2D eigenvalue weighted by molar-refractivity contribution is -0.192. The highest BCUT2D eigenvalue weighted by Gasteiger charge is 2.54. The van der Waals surface area contributed by atoms with Crippen LogP contribution in [0.25, 0.3) is 0 Å². The molecule has 1 aromatic heterocycles. The monoisotopic (exact) mass is 321 g/mol. The van der Waals surface area contributed by atoms with Gasteiger partial charge in [0.05, 0.1) is 0 Å². The number of hydrogen-bond acceptors (Lipinski definition) is 4. The number of alkyl halides is 3. The Labute approximate surface area is 120 Å². The van der Waals surface area contributed by atoms with Crippen molar-refractivity contribution in [2.24, 2.45) is 0 Å². The van der Waals surface area contributed by atoms with Crippen molar-refractivity contribution in [2.75, 3.05) is 0 Å². The van der Waals surface area contributed by atoms with Gasteiger partial charge in [-0.1, -0.05) is 13.8 Å². The molecule has 1 rings (SSSR count). The minimum Gasteiger partial charge on any atom is -0.244 e. The first-order valence-corrected chi connectivity index (χ1v) is 7.57. The van der Waals surface area contributed by atoms with Gasteiger partial charge in [0, 0.05) is 6.20 Å². The first kappa shape index (κ1) is 17.4. The largest absolute Gasteiger partial charge is 0.407 e. The molecule has 21 heavy (non-hydrogen) atoms. The minimum absolute atomic E-state index is 0.0259. The van der Waals surface area contributed by atoms with Crippen molar-refractivity contribution in [3.63, 3.8) is 0 Å². The zero-order chi connectivity index (χ0) is 16.3.